The van der Waals surface area contributed by atoms with Crippen LogP contribution in [-0.4, -0.2) is 55.0 Å². The Balaban J connectivity index is 1.43. The van der Waals surface area contributed by atoms with E-state index in [0.29, 0.717) is 37.4 Å². The number of methoxy groups -OCH3 is 1. The number of nitrogens with one attached hydrogen (secondary N) is 1. The molecule has 7 nitrogen and oxygen atoms in total. The molecule has 0 radical (unpaired) electrons. The van der Waals surface area contributed by atoms with E-state index in [1.807, 2.05) is 42.5 Å². The van der Waals surface area contributed by atoms with Crippen LogP contribution in [0.1, 0.15) is 27.5 Å². The van der Waals surface area contributed by atoms with Crippen LogP contribution in [0.2, 0.25) is 0 Å². The van der Waals surface area contributed by atoms with Crippen molar-refractivity contribution in [2.45, 2.75) is 6.04 Å². The molecule has 36 heavy (non-hydrogen) atoms. The number of esters is 1. The number of anilines is 1. The van der Waals surface area contributed by atoms with Gasteiger partial charge in [-0.05, 0) is 29.3 Å². The average molecular weight is 481 g/mol. The highest BCUT2D eigenvalue weighted by atomic mass is 16.5. The van der Waals surface area contributed by atoms with Crippen molar-refractivity contribution in [3.63, 3.8) is 0 Å². The maximum Gasteiger partial charge on any atom is 0.337 e. The SMILES string of the molecule is COC(=O)c1cccc(N/C=C(/C#N)C(=O)N2CCN(C(c3ccccc3)c3ccccc3)CC2)c1. The van der Waals surface area contributed by atoms with Gasteiger partial charge in [0, 0.05) is 38.1 Å². The van der Waals surface area contributed by atoms with Gasteiger partial charge in [0.05, 0.1) is 18.7 Å². The van der Waals surface area contributed by atoms with Gasteiger partial charge in [-0.2, -0.15) is 5.26 Å². The van der Waals surface area contributed by atoms with E-state index in [4.69, 9.17) is 4.74 Å². The standard InChI is InChI=1S/C29H28N4O3/c1-36-29(35)24-13-8-14-26(19-24)31-21-25(20-30)28(34)33-17-15-32(16-18-33)27(22-9-4-2-5-10-22)23-11-6-3-7-12-23/h2-14,19,21,27,31H,15-18H2,1H3/b25-21-. The summed E-state index contributed by atoms with van der Waals surface area (Å²) >= 11 is 0. The fourth-order valence-electron chi connectivity index (χ4n) is 4.39. The van der Waals surface area contributed by atoms with Crippen LogP contribution in [0.3, 0.4) is 0 Å². The van der Waals surface area contributed by atoms with Crippen molar-refractivity contribution in [3.8, 4) is 6.07 Å². The first kappa shape index (κ1) is 24.7. The molecule has 3 aromatic carbocycles. The van der Waals surface area contributed by atoms with Gasteiger partial charge in [-0.3, -0.25) is 9.69 Å². The number of nitriles is 1. The summed E-state index contributed by atoms with van der Waals surface area (Å²) in [5.74, 6) is -0.772. The summed E-state index contributed by atoms with van der Waals surface area (Å²) in [7, 11) is 1.32. The fourth-order valence-corrected chi connectivity index (χ4v) is 4.39. The number of carbonyl (C=O) groups excluding carboxylic acids is 2. The van der Waals surface area contributed by atoms with Crippen molar-refractivity contribution in [2.24, 2.45) is 0 Å². The number of amides is 1. The summed E-state index contributed by atoms with van der Waals surface area (Å²) in [5, 5.41) is 12.6. The number of carbonyl (C=O) groups is 2. The largest absolute Gasteiger partial charge is 0.465 e. The third kappa shape index (κ3) is 5.80. The lowest BCUT2D eigenvalue weighted by molar-refractivity contribution is -0.128. The van der Waals surface area contributed by atoms with E-state index in [1.165, 1.54) is 24.4 Å². The Labute approximate surface area is 211 Å². The minimum absolute atomic E-state index is 0.00888. The molecular formula is C29H28N4O3. The van der Waals surface area contributed by atoms with Crippen LogP contribution in [-0.2, 0) is 9.53 Å². The molecule has 0 saturated carbocycles. The van der Waals surface area contributed by atoms with Crippen LogP contribution in [0.25, 0.3) is 0 Å². The predicted octanol–water partition coefficient (Wildman–Crippen LogP) is 4.23. The Morgan fingerprint density at radius 1 is 0.917 bits per heavy atom. The molecule has 0 spiro atoms. The van der Waals surface area contributed by atoms with Crippen LogP contribution in [0.15, 0.2) is 96.7 Å². The molecular weight excluding hydrogens is 452 g/mol. The van der Waals surface area contributed by atoms with Crippen molar-refractivity contribution in [1.82, 2.24) is 9.80 Å². The summed E-state index contributed by atoms with van der Waals surface area (Å²) in [6.45, 7) is 2.42. The third-order valence-electron chi connectivity index (χ3n) is 6.21. The summed E-state index contributed by atoms with van der Waals surface area (Å²) < 4.78 is 4.74. The molecule has 7 heteroatoms. The van der Waals surface area contributed by atoms with Crippen LogP contribution in [0.5, 0.6) is 0 Å². The molecule has 0 aromatic heterocycles. The van der Waals surface area contributed by atoms with Gasteiger partial charge in [-0.15, -0.1) is 0 Å². The van der Waals surface area contributed by atoms with Crippen molar-refractivity contribution < 1.29 is 14.3 Å². The summed E-state index contributed by atoms with van der Waals surface area (Å²) in [6, 6.07) is 29.5. The number of hydrogen-bond donors (Lipinski definition) is 1. The zero-order chi connectivity index (χ0) is 25.3. The van der Waals surface area contributed by atoms with Gasteiger partial charge in [0.2, 0.25) is 0 Å². The minimum atomic E-state index is -0.457. The van der Waals surface area contributed by atoms with Crippen molar-refractivity contribution in [3.05, 3.63) is 113 Å². The summed E-state index contributed by atoms with van der Waals surface area (Å²) in [4.78, 5) is 28.9. The molecule has 0 bridgehead atoms. The zero-order valence-corrected chi connectivity index (χ0v) is 20.1. The van der Waals surface area contributed by atoms with Gasteiger partial charge >= 0.3 is 5.97 Å². The van der Waals surface area contributed by atoms with E-state index in [9.17, 15) is 14.9 Å². The topological polar surface area (TPSA) is 85.7 Å². The molecule has 1 heterocycles. The molecule has 1 aliphatic heterocycles. The van der Waals surface area contributed by atoms with Crippen LogP contribution in [0, 0.1) is 11.3 Å². The predicted molar refractivity (Wildman–Crippen MR) is 138 cm³/mol. The molecule has 1 aliphatic rings. The number of benzene rings is 3. The van der Waals surface area contributed by atoms with E-state index < -0.39 is 5.97 Å². The molecule has 4 rings (SSSR count). The lowest BCUT2D eigenvalue weighted by Gasteiger charge is -2.39. The van der Waals surface area contributed by atoms with E-state index in [0.717, 1.165) is 0 Å². The van der Waals surface area contributed by atoms with Crippen LogP contribution < -0.4 is 5.32 Å². The Hall–Kier alpha value is -4.41. The fraction of sp³-hybridized carbons (Fsp3) is 0.207. The van der Waals surface area contributed by atoms with Crippen molar-refractivity contribution in [2.75, 3.05) is 38.6 Å². The second-order valence-corrected chi connectivity index (χ2v) is 8.44. The van der Waals surface area contributed by atoms with Crippen molar-refractivity contribution >= 4 is 17.6 Å². The summed E-state index contributed by atoms with van der Waals surface area (Å²) in [5.41, 5.74) is 3.38. The van der Waals surface area contributed by atoms with Crippen LogP contribution >= 0.6 is 0 Å². The van der Waals surface area contributed by atoms with E-state index >= 15 is 0 Å². The van der Waals surface area contributed by atoms with Crippen molar-refractivity contribution in [1.29, 1.82) is 5.26 Å². The highest BCUT2D eigenvalue weighted by molar-refractivity contribution is 5.97. The number of piperazine rings is 1. The second kappa shape index (κ2) is 11.8. The normalized spacial score (nSPS) is 14.2. The first-order valence-electron chi connectivity index (χ1n) is 11.8. The summed E-state index contributed by atoms with van der Waals surface area (Å²) in [6.07, 6.45) is 1.39. The molecule has 1 fully saturated rings. The number of rotatable bonds is 7. The highest BCUT2D eigenvalue weighted by Crippen LogP contribution is 2.29. The molecule has 3 aromatic rings. The van der Waals surface area contributed by atoms with Gasteiger partial charge in [-0.1, -0.05) is 66.7 Å². The first-order valence-corrected chi connectivity index (χ1v) is 11.8. The molecule has 1 saturated heterocycles. The Morgan fingerprint density at radius 3 is 2.08 bits per heavy atom. The lowest BCUT2D eigenvalue weighted by atomic mass is 9.96. The quantitative estimate of drug-likeness (QED) is 0.310. The first-order chi connectivity index (χ1) is 17.6. The highest BCUT2D eigenvalue weighted by Gasteiger charge is 2.29. The molecule has 0 atom stereocenters. The van der Waals surface area contributed by atoms with Gasteiger partial charge < -0.3 is 15.0 Å². The monoisotopic (exact) mass is 480 g/mol. The Morgan fingerprint density at radius 2 is 1.53 bits per heavy atom. The van der Waals surface area contributed by atoms with Gasteiger partial charge in [-0.25, -0.2) is 4.79 Å². The Kier molecular flexibility index (Phi) is 8.12. The second-order valence-electron chi connectivity index (χ2n) is 8.44. The van der Waals surface area contributed by atoms with E-state index in [1.54, 1.807) is 29.2 Å². The van der Waals surface area contributed by atoms with Gasteiger partial charge in [0.25, 0.3) is 5.91 Å². The third-order valence-corrected chi connectivity index (χ3v) is 6.21. The van der Waals surface area contributed by atoms with Gasteiger partial charge in [0.15, 0.2) is 0 Å². The molecule has 1 N–H and O–H groups in total. The molecule has 1 amide bonds. The van der Waals surface area contributed by atoms with Gasteiger partial charge in [0.1, 0.15) is 11.6 Å². The number of nitrogens with zero attached hydrogens (tertiary/aromatic N) is 3. The molecule has 182 valence electrons. The maximum absolute atomic E-state index is 13.1. The average Bonchev–Trinajstić information content (AvgIpc) is 2.94. The van der Waals surface area contributed by atoms with E-state index in [-0.39, 0.29) is 17.5 Å². The molecule has 0 aliphatic carbocycles. The Bertz CT molecular complexity index is 1220. The van der Waals surface area contributed by atoms with Crippen LogP contribution in [0.4, 0.5) is 5.69 Å². The molecule has 0 unspecified atom stereocenters. The minimum Gasteiger partial charge on any atom is -0.465 e. The van der Waals surface area contributed by atoms with E-state index in [2.05, 4.69) is 34.5 Å². The maximum atomic E-state index is 13.1. The number of ether oxygens (including phenoxy) is 1. The zero-order valence-electron chi connectivity index (χ0n) is 20.1. The lowest BCUT2D eigenvalue weighted by Crippen LogP contribution is -2.50. The smallest absolute Gasteiger partial charge is 0.337 e. The number of hydrogen-bond acceptors (Lipinski definition) is 6.